The Morgan fingerprint density at radius 1 is 1.83 bits per heavy atom. The standard InChI is InChI=1S/C4H9FO/c1-2-3-4(5)6/h4,6H,2-3H2,1H3/t4-/m0/s1. The molecule has 2 heteroatoms. The van der Waals surface area contributed by atoms with Crippen LogP contribution in [0.15, 0.2) is 0 Å². The van der Waals surface area contributed by atoms with E-state index in [-0.39, 0.29) is 6.42 Å². The molecule has 0 saturated heterocycles. The van der Waals surface area contributed by atoms with Crippen LogP contribution in [0.1, 0.15) is 19.8 Å². The summed E-state index contributed by atoms with van der Waals surface area (Å²) in [5.74, 6) is 0. The number of hydrogen-bond acceptors (Lipinski definition) is 1. The van der Waals surface area contributed by atoms with Crippen molar-refractivity contribution in [2.75, 3.05) is 0 Å². The van der Waals surface area contributed by atoms with Crippen LogP contribution in [0.2, 0.25) is 0 Å². The van der Waals surface area contributed by atoms with Crippen LogP contribution in [0.4, 0.5) is 4.39 Å². The lowest BCUT2D eigenvalue weighted by Gasteiger charge is -1.91. The van der Waals surface area contributed by atoms with Gasteiger partial charge in [-0.25, -0.2) is 4.39 Å². The van der Waals surface area contributed by atoms with Gasteiger partial charge in [-0.3, -0.25) is 0 Å². The fourth-order valence-electron chi connectivity index (χ4n) is 0.238. The summed E-state index contributed by atoms with van der Waals surface area (Å²) in [6.07, 6.45) is -0.632. The number of rotatable bonds is 2. The van der Waals surface area contributed by atoms with Crippen LogP contribution in [0.5, 0.6) is 0 Å². The summed E-state index contributed by atoms with van der Waals surface area (Å²) in [5, 5.41) is 7.89. The van der Waals surface area contributed by atoms with Crippen molar-refractivity contribution in [3.05, 3.63) is 0 Å². The molecule has 0 aliphatic carbocycles. The van der Waals surface area contributed by atoms with Crippen molar-refractivity contribution in [1.29, 1.82) is 0 Å². The zero-order chi connectivity index (χ0) is 4.99. The molecule has 1 nitrogen and oxygen atoms in total. The number of halogens is 1. The van der Waals surface area contributed by atoms with Gasteiger partial charge in [-0.05, 0) is 0 Å². The first-order chi connectivity index (χ1) is 2.77. The Balaban J connectivity index is 2.63. The molecule has 0 aliphatic rings. The van der Waals surface area contributed by atoms with Crippen LogP contribution in [-0.4, -0.2) is 11.5 Å². The highest BCUT2D eigenvalue weighted by Gasteiger charge is 1.92. The molecule has 0 bridgehead atoms. The molecule has 0 fully saturated rings. The van der Waals surface area contributed by atoms with Crippen LogP contribution in [0, 0.1) is 0 Å². The molecule has 0 rings (SSSR count). The molecule has 0 amide bonds. The molecule has 1 atom stereocenters. The maximum Gasteiger partial charge on any atom is 0.196 e. The molecule has 1 N–H and O–H groups in total. The predicted molar refractivity (Wildman–Crippen MR) is 22.0 cm³/mol. The van der Waals surface area contributed by atoms with E-state index in [9.17, 15) is 4.39 Å². The number of hydrogen-bond donors (Lipinski definition) is 1. The van der Waals surface area contributed by atoms with Crippen molar-refractivity contribution in [2.45, 2.75) is 26.1 Å². The van der Waals surface area contributed by atoms with Crippen molar-refractivity contribution in [3.8, 4) is 0 Å². The van der Waals surface area contributed by atoms with Crippen molar-refractivity contribution in [3.63, 3.8) is 0 Å². The third-order valence-electron chi connectivity index (χ3n) is 0.527. The van der Waals surface area contributed by atoms with Crippen molar-refractivity contribution in [1.82, 2.24) is 0 Å². The van der Waals surface area contributed by atoms with Crippen LogP contribution < -0.4 is 0 Å². The van der Waals surface area contributed by atoms with Crippen LogP contribution in [-0.2, 0) is 0 Å². The first kappa shape index (κ1) is 5.89. The predicted octanol–water partition coefficient (Wildman–Crippen LogP) is 1.07. The van der Waals surface area contributed by atoms with E-state index in [2.05, 4.69) is 0 Å². The minimum absolute atomic E-state index is 0.264. The molecule has 0 spiro atoms. The second-order valence-electron chi connectivity index (χ2n) is 1.22. The lowest BCUT2D eigenvalue weighted by Crippen LogP contribution is -1.93. The van der Waals surface area contributed by atoms with E-state index in [0.29, 0.717) is 6.42 Å². The summed E-state index contributed by atoms with van der Waals surface area (Å²) in [6.45, 7) is 1.82. The van der Waals surface area contributed by atoms with Crippen molar-refractivity contribution >= 4 is 0 Å². The van der Waals surface area contributed by atoms with Gasteiger partial charge in [-0.15, -0.1) is 0 Å². The Morgan fingerprint density at radius 3 is 2.33 bits per heavy atom. The second-order valence-corrected chi connectivity index (χ2v) is 1.22. The normalized spacial score (nSPS) is 14.5. The van der Waals surface area contributed by atoms with Gasteiger partial charge in [-0.1, -0.05) is 13.3 Å². The maximum absolute atomic E-state index is 11.3. The van der Waals surface area contributed by atoms with Gasteiger partial charge in [-0.2, -0.15) is 0 Å². The van der Waals surface area contributed by atoms with Gasteiger partial charge in [0.05, 0.1) is 0 Å². The molecule has 0 aromatic rings. The molecule has 6 heavy (non-hydrogen) atoms. The highest BCUT2D eigenvalue weighted by Crippen LogP contribution is 1.93. The van der Waals surface area contributed by atoms with Crippen molar-refractivity contribution < 1.29 is 9.50 Å². The minimum Gasteiger partial charge on any atom is -0.364 e. The highest BCUT2D eigenvalue weighted by atomic mass is 19.1. The second kappa shape index (κ2) is 3.09. The van der Waals surface area contributed by atoms with Gasteiger partial charge < -0.3 is 5.11 Å². The van der Waals surface area contributed by atoms with E-state index in [1.807, 2.05) is 6.92 Å². The van der Waals surface area contributed by atoms with Crippen LogP contribution >= 0.6 is 0 Å². The topological polar surface area (TPSA) is 20.2 Å². The summed E-state index contributed by atoms with van der Waals surface area (Å²) in [7, 11) is 0. The van der Waals surface area contributed by atoms with Gasteiger partial charge in [0.15, 0.2) is 6.36 Å². The molecule has 0 aromatic heterocycles. The highest BCUT2D eigenvalue weighted by molar-refractivity contribution is 4.32. The van der Waals surface area contributed by atoms with Gasteiger partial charge in [0.2, 0.25) is 0 Å². The molecule has 0 radical (unpaired) electrons. The Morgan fingerprint density at radius 2 is 2.33 bits per heavy atom. The largest absolute Gasteiger partial charge is 0.364 e. The Kier molecular flexibility index (Phi) is 3.04. The van der Waals surface area contributed by atoms with Gasteiger partial charge in [0, 0.05) is 6.42 Å². The zero-order valence-electron chi connectivity index (χ0n) is 3.82. The first-order valence-electron chi connectivity index (χ1n) is 2.09. The molecule has 38 valence electrons. The lowest BCUT2D eigenvalue weighted by atomic mass is 10.3. The van der Waals surface area contributed by atoms with Crippen molar-refractivity contribution in [2.24, 2.45) is 0 Å². The third-order valence-corrected chi connectivity index (χ3v) is 0.527. The molecule has 0 unspecified atom stereocenters. The summed E-state index contributed by atoms with van der Waals surface area (Å²) in [6, 6.07) is 0. The molecular weight excluding hydrogens is 83.0 g/mol. The Labute approximate surface area is 36.8 Å². The van der Waals surface area contributed by atoms with Gasteiger partial charge in [0.25, 0.3) is 0 Å². The molecule has 0 saturated carbocycles. The summed E-state index contributed by atoms with van der Waals surface area (Å²) >= 11 is 0. The third kappa shape index (κ3) is 3.89. The van der Waals surface area contributed by atoms with E-state index in [4.69, 9.17) is 5.11 Å². The minimum atomic E-state index is -1.60. The fraction of sp³-hybridized carbons (Fsp3) is 1.00. The molecular formula is C4H9FO. The Hall–Kier alpha value is -0.110. The average molecular weight is 92.1 g/mol. The molecule has 0 heterocycles. The molecule has 0 aliphatic heterocycles. The summed E-state index contributed by atoms with van der Waals surface area (Å²) < 4.78 is 11.3. The SMILES string of the molecule is CCC[C@H](O)F. The summed E-state index contributed by atoms with van der Waals surface area (Å²) in [4.78, 5) is 0. The van der Waals surface area contributed by atoms with Gasteiger partial charge in [0.1, 0.15) is 0 Å². The number of aliphatic hydroxyl groups excluding tert-OH is 1. The number of alkyl halides is 1. The van der Waals surface area contributed by atoms with Crippen LogP contribution in [0.3, 0.4) is 0 Å². The quantitative estimate of drug-likeness (QED) is 0.540. The van der Waals surface area contributed by atoms with E-state index < -0.39 is 6.36 Å². The zero-order valence-corrected chi connectivity index (χ0v) is 3.82. The smallest absolute Gasteiger partial charge is 0.196 e. The Bertz CT molecular complexity index is 28.7. The van der Waals surface area contributed by atoms with E-state index >= 15 is 0 Å². The fourth-order valence-corrected chi connectivity index (χ4v) is 0.238. The summed E-state index contributed by atoms with van der Waals surface area (Å²) in [5.41, 5.74) is 0. The van der Waals surface area contributed by atoms with E-state index in [0.717, 1.165) is 0 Å². The monoisotopic (exact) mass is 92.1 g/mol. The number of aliphatic hydroxyl groups is 1. The lowest BCUT2D eigenvalue weighted by molar-refractivity contribution is 0.0340. The van der Waals surface area contributed by atoms with Crippen LogP contribution in [0.25, 0.3) is 0 Å². The first-order valence-corrected chi connectivity index (χ1v) is 2.09. The maximum atomic E-state index is 11.3. The van der Waals surface area contributed by atoms with E-state index in [1.165, 1.54) is 0 Å². The molecule has 0 aromatic carbocycles. The van der Waals surface area contributed by atoms with E-state index in [1.54, 1.807) is 0 Å². The average Bonchev–Trinajstić information content (AvgIpc) is 1.35. The van der Waals surface area contributed by atoms with Gasteiger partial charge >= 0.3 is 0 Å².